The van der Waals surface area contributed by atoms with Crippen molar-refractivity contribution in [2.24, 2.45) is 5.10 Å². The highest BCUT2D eigenvalue weighted by atomic mass is 79.9. The Balaban J connectivity index is 2.04. The van der Waals surface area contributed by atoms with Crippen molar-refractivity contribution < 1.29 is 14.3 Å². The van der Waals surface area contributed by atoms with Crippen molar-refractivity contribution in [3.05, 3.63) is 63.9 Å². The number of carbonyl (C=O) groups is 1. The number of rotatable bonds is 3. The fourth-order valence-corrected chi connectivity index (χ4v) is 1.72. The Morgan fingerprint density at radius 2 is 1.95 bits per heavy atom. The molecule has 0 saturated heterocycles. The van der Waals surface area contributed by atoms with Crippen LogP contribution in [0.15, 0.2) is 52.0 Å². The standard InChI is InChI=1S/C14H10BrFN2O2/c15-11-3-1-9(2-4-11)14(20)18-17-8-10-7-12(16)5-6-13(10)19/h1-8,19H,(H,18,20)/b17-8+. The highest BCUT2D eigenvalue weighted by molar-refractivity contribution is 9.10. The number of hydrazone groups is 1. The summed E-state index contributed by atoms with van der Waals surface area (Å²) in [7, 11) is 0. The van der Waals surface area contributed by atoms with E-state index in [0.717, 1.165) is 16.6 Å². The van der Waals surface area contributed by atoms with Crippen molar-refractivity contribution in [2.75, 3.05) is 0 Å². The summed E-state index contributed by atoms with van der Waals surface area (Å²) >= 11 is 3.27. The van der Waals surface area contributed by atoms with Gasteiger partial charge in [0.15, 0.2) is 0 Å². The molecule has 0 heterocycles. The molecule has 4 nitrogen and oxygen atoms in total. The van der Waals surface area contributed by atoms with Gasteiger partial charge in [0, 0.05) is 15.6 Å². The number of nitrogens with zero attached hydrogens (tertiary/aromatic N) is 1. The minimum absolute atomic E-state index is 0.118. The fourth-order valence-electron chi connectivity index (χ4n) is 1.46. The summed E-state index contributed by atoms with van der Waals surface area (Å²) in [5.41, 5.74) is 2.92. The van der Waals surface area contributed by atoms with E-state index in [-0.39, 0.29) is 11.3 Å². The summed E-state index contributed by atoms with van der Waals surface area (Å²) in [4.78, 5) is 11.7. The molecule has 2 rings (SSSR count). The number of nitrogens with one attached hydrogen (secondary N) is 1. The van der Waals surface area contributed by atoms with Gasteiger partial charge in [0.1, 0.15) is 11.6 Å². The lowest BCUT2D eigenvalue weighted by molar-refractivity contribution is 0.0955. The molecule has 0 atom stereocenters. The van der Waals surface area contributed by atoms with Crippen LogP contribution in [0, 0.1) is 5.82 Å². The van der Waals surface area contributed by atoms with Gasteiger partial charge in [-0.2, -0.15) is 5.10 Å². The van der Waals surface area contributed by atoms with Crippen molar-refractivity contribution >= 4 is 28.1 Å². The molecule has 1 amide bonds. The lowest BCUT2D eigenvalue weighted by atomic mass is 10.2. The van der Waals surface area contributed by atoms with Crippen LogP contribution in [0.1, 0.15) is 15.9 Å². The van der Waals surface area contributed by atoms with Gasteiger partial charge in [0.05, 0.1) is 6.21 Å². The number of phenolic OH excluding ortho intramolecular Hbond substituents is 1. The Labute approximate surface area is 123 Å². The molecule has 0 spiro atoms. The zero-order valence-corrected chi connectivity index (χ0v) is 11.8. The summed E-state index contributed by atoms with van der Waals surface area (Å²) in [6.07, 6.45) is 1.18. The van der Waals surface area contributed by atoms with E-state index in [1.54, 1.807) is 24.3 Å². The van der Waals surface area contributed by atoms with Gasteiger partial charge in [-0.05, 0) is 42.5 Å². The fraction of sp³-hybridized carbons (Fsp3) is 0. The molecule has 0 unspecified atom stereocenters. The average molecular weight is 337 g/mol. The largest absolute Gasteiger partial charge is 0.507 e. The van der Waals surface area contributed by atoms with Gasteiger partial charge in [-0.3, -0.25) is 4.79 Å². The molecule has 0 fully saturated rings. The van der Waals surface area contributed by atoms with E-state index in [2.05, 4.69) is 26.5 Å². The predicted molar refractivity (Wildman–Crippen MR) is 77.3 cm³/mol. The van der Waals surface area contributed by atoms with Crippen molar-refractivity contribution in [3.63, 3.8) is 0 Å². The second-order valence-corrected chi connectivity index (χ2v) is 4.82. The van der Waals surface area contributed by atoms with Gasteiger partial charge in [0.2, 0.25) is 0 Å². The Hall–Kier alpha value is -2.21. The van der Waals surface area contributed by atoms with Crippen LogP contribution >= 0.6 is 15.9 Å². The second-order valence-electron chi connectivity index (χ2n) is 3.91. The third kappa shape index (κ3) is 3.64. The molecule has 0 radical (unpaired) electrons. The summed E-state index contributed by atoms with van der Waals surface area (Å²) in [6, 6.07) is 10.2. The van der Waals surface area contributed by atoms with Gasteiger partial charge in [-0.15, -0.1) is 0 Å². The summed E-state index contributed by atoms with van der Waals surface area (Å²) < 4.78 is 13.8. The summed E-state index contributed by atoms with van der Waals surface area (Å²) in [5, 5.41) is 13.2. The van der Waals surface area contributed by atoms with Crippen LogP contribution in [-0.4, -0.2) is 17.2 Å². The zero-order chi connectivity index (χ0) is 14.5. The number of aromatic hydroxyl groups is 1. The molecular weight excluding hydrogens is 327 g/mol. The highest BCUT2D eigenvalue weighted by Crippen LogP contribution is 2.15. The molecule has 0 bridgehead atoms. The van der Waals surface area contributed by atoms with E-state index in [1.807, 2.05) is 0 Å². The Bertz CT molecular complexity index is 657. The third-order valence-corrected chi connectivity index (χ3v) is 2.99. The Morgan fingerprint density at radius 3 is 2.65 bits per heavy atom. The molecule has 20 heavy (non-hydrogen) atoms. The van der Waals surface area contributed by atoms with Gasteiger partial charge >= 0.3 is 0 Å². The van der Waals surface area contributed by atoms with Crippen LogP contribution in [0.25, 0.3) is 0 Å². The molecule has 0 aliphatic carbocycles. The molecule has 0 aliphatic heterocycles. The normalized spacial score (nSPS) is 10.7. The molecule has 2 N–H and O–H groups in total. The third-order valence-electron chi connectivity index (χ3n) is 2.47. The molecule has 0 saturated carbocycles. The van der Waals surface area contributed by atoms with Crippen LogP contribution in [0.3, 0.4) is 0 Å². The molecule has 0 aromatic heterocycles. The topological polar surface area (TPSA) is 61.7 Å². The van der Waals surface area contributed by atoms with Crippen molar-refractivity contribution in [1.82, 2.24) is 5.43 Å². The molecule has 102 valence electrons. The first-order valence-electron chi connectivity index (χ1n) is 5.64. The van der Waals surface area contributed by atoms with Crippen molar-refractivity contribution in [3.8, 4) is 5.75 Å². The number of hydrogen-bond acceptors (Lipinski definition) is 3. The highest BCUT2D eigenvalue weighted by Gasteiger charge is 2.04. The van der Waals surface area contributed by atoms with E-state index < -0.39 is 11.7 Å². The summed E-state index contributed by atoms with van der Waals surface area (Å²) in [6.45, 7) is 0. The number of benzene rings is 2. The van der Waals surface area contributed by atoms with Crippen molar-refractivity contribution in [2.45, 2.75) is 0 Å². The predicted octanol–water partition coefficient (Wildman–Crippen LogP) is 3.06. The number of halogens is 2. The molecule has 0 aliphatic rings. The number of hydrogen-bond donors (Lipinski definition) is 2. The van der Waals surface area contributed by atoms with E-state index in [1.165, 1.54) is 12.3 Å². The Morgan fingerprint density at radius 1 is 1.25 bits per heavy atom. The second kappa shape index (κ2) is 6.29. The lowest BCUT2D eigenvalue weighted by Crippen LogP contribution is -2.17. The van der Waals surface area contributed by atoms with E-state index in [4.69, 9.17) is 0 Å². The van der Waals surface area contributed by atoms with Crippen LogP contribution in [-0.2, 0) is 0 Å². The Kier molecular flexibility index (Phi) is 4.47. The number of phenols is 1. The smallest absolute Gasteiger partial charge is 0.271 e. The SMILES string of the molecule is O=C(N/N=C/c1cc(F)ccc1O)c1ccc(Br)cc1. The molecule has 2 aromatic carbocycles. The first-order chi connectivity index (χ1) is 9.56. The first-order valence-corrected chi connectivity index (χ1v) is 6.43. The molecule has 2 aromatic rings. The van der Waals surface area contributed by atoms with Crippen LogP contribution < -0.4 is 5.43 Å². The van der Waals surface area contributed by atoms with E-state index >= 15 is 0 Å². The minimum Gasteiger partial charge on any atom is -0.507 e. The van der Waals surface area contributed by atoms with Gasteiger partial charge in [-0.25, -0.2) is 9.82 Å². The van der Waals surface area contributed by atoms with E-state index in [9.17, 15) is 14.3 Å². The van der Waals surface area contributed by atoms with Gasteiger partial charge in [-0.1, -0.05) is 15.9 Å². The first kappa shape index (κ1) is 14.2. The monoisotopic (exact) mass is 336 g/mol. The number of carbonyl (C=O) groups excluding carboxylic acids is 1. The molecular formula is C14H10BrFN2O2. The number of amides is 1. The lowest BCUT2D eigenvalue weighted by Gasteiger charge is -2.01. The maximum absolute atomic E-state index is 13.0. The minimum atomic E-state index is -0.497. The maximum atomic E-state index is 13.0. The maximum Gasteiger partial charge on any atom is 0.271 e. The van der Waals surface area contributed by atoms with Crippen LogP contribution in [0.2, 0.25) is 0 Å². The van der Waals surface area contributed by atoms with Crippen molar-refractivity contribution in [1.29, 1.82) is 0 Å². The van der Waals surface area contributed by atoms with Gasteiger partial charge in [0.25, 0.3) is 5.91 Å². The van der Waals surface area contributed by atoms with Gasteiger partial charge < -0.3 is 5.11 Å². The average Bonchev–Trinajstić information content (AvgIpc) is 2.43. The quantitative estimate of drug-likeness (QED) is 0.668. The van der Waals surface area contributed by atoms with Crippen LogP contribution in [0.5, 0.6) is 5.75 Å². The zero-order valence-electron chi connectivity index (χ0n) is 10.2. The van der Waals surface area contributed by atoms with Crippen LogP contribution in [0.4, 0.5) is 4.39 Å². The summed E-state index contributed by atoms with van der Waals surface area (Å²) in [5.74, 6) is -1.01. The molecule has 6 heteroatoms. The van der Waals surface area contributed by atoms with E-state index in [0.29, 0.717) is 5.56 Å².